The number of anilines is 1. The number of sulfonamides is 1. The number of carbonyl (C=O) groups is 1. The molecule has 0 radical (unpaired) electrons. The first-order valence-corrected chi connectivity index (χ1v) is 10.0. The number of rotatable bonds is 7. The van der Waals surface area contributed by atoms with Gasteiger partial charge in [0.2, 0.25) is 0 Å². The maximum Gasteiger partial charge on any atom is 0.271 e. The Morgan fingerprint density at radius 1 is 1.24 bits per heavy atom. The molecule has 1 aromatic carbocycles. The number of nitrogens with two attached hydrogens (primary N) is 1. The summed E-state index contributed by atoms with van der Waals surface area (Å²) in [6, 6.07) is 9.54. The van der Waals surface area contributed by atoms with Crippen LogP contribution in [0.3, 0.4) is 0 Å². The lowest BCUT2D eigenvalue weighted by atomic mass is 10.1. The van der Waals surface area contributed by atoms with E-state index >= 15 is 0 Å². The van der Waals surface area contributed by atoms with Crippen LogP contribution in [0, 0.1) is 5.92 Å². The Bertz CT molecular complexity index is 804. The second kappa shape index (κ2) is 8.18. The van der Waals surface area contributed by atoms with Gasteiger partial charge in [-0.05, 0) is 54.5 Å². The van der Waals surface area contributed by atoms with Gasteiger partial charge in [0.25, 0.3) is 15.9 Å². The quantitative estimate of drug-likeness (QED) is 0.663. The van der Waals surface area contributed by atoms with E-state index in [2.05, 4.69) is 10.0 Å². The van der Waals surface area contributed by atoms with Crippen molar-refractivity contribution in [1.29, 1.82) is 0 Å². The molecule has 1 heterocycles. The third-order valence-corrected chi connectivity index (χ3v) is 6.66. The molecule has 4 N–H and O–H groups in total. The lowest BCUT2D eigenvalue weighted by Crippen LogP contribution is -2.38. The lowest BCUT2D eigenvalue weighted by Gasteiger charge is -2.12. The molecule has 0 bridgehead atoms. The van der Waals surface area contributed by atoms with Crippen LogP contribution in [0.1, 0.15) is 23.2 Å². The summed E-state index contributed by atoms with van der Waals surface area (Å²) in [4.78, 5) is 12.1. The number of benzene rings is 1. The van der Waals surface area contributed by atoms with Gasteiger partial charge in [-0.15, -0.1) is 23.7 Å². The molecule has 1 aromatic heterocycles. The van der Waals surface area contributed by atoms with E-state index in [-0.39, 0.29) is 28.6 Å². The van der Waals surface area contributed by atoms with Gasteiger partial charge in [-0.2, -0.15) is 0 Å². The van der Waals surface area contributed by atoms with Crippen molar-refractivity contribution in [3.05, 3.63) is 47.3 Å². The fourth-order valence-electron chi connectivity index (χ4n) is 2.32. The zero-order valence-electron chi connectivity index (χ0n) is 13.3. The van der Waals surface area contributed by atoms with E-state index < -0.39 is 10.0 Å². The van der Waals surface area contributed by atoms with E-state index in [0.29, 0.717) is 23.7 Å². The van der Waals surface area contributed by atoms with Crippen LogP contribution in [0.2, 0.25) is 0 Å². The summed E-state index contributed by atoms with van der Waals surface area (Å²) in [5.74, 6) is 0.318. The largest absolute Gasteiger partial charge is 0.350 e. The summed E-state index contributed by atoms with van der Waals surface area (Å²) < 4.78 is 27.0. The van der Waals surface area contributed by atoms with Crippen molar-refractivity contribution in [2.75, 3.05) is 11.3 Å². The predicted molar refractivity (Wildman–Crippen MR) is 102 cm³/mol. The highest BCUT2D eigenvalue weighted by Gasteiger charge is 2.28. The summed E-state index contributed by atoms with van der Waals surface area (Å²) in [7, 11) is -3.58. The molecule has 1 unspecified atom stereocenters. The Morgan fingerprint density at radius 2 is 1.92 bits per heavy atom. The summed E-state index contributed by atoms with van der Waals surface area (Å²) in [5, 5.41) is 4.51. The first-order chi connectivity index (χ1) is 11.5. The molecule has 25 heavy (non-hydrogen) atoms. The molecule has 3 rings (SSSR count). The van der Waals surface area contributed by atoms with Gasteiger partial charge in [0.1, 0.15) is 4.21 Å². The third kappa shape index (κ3) is 5.18. The highest BCUT2D eigenvalue weighted by molar-refractivity contribution is 7.94. The SMILES string of the molecule is Cl.NC(CNC(=O)c1ccc(NS(=O)(=O)c2cccs2)cc1)C1CC1. The van der Waals surface area contributed by atoms with E-state index in [9.17, 15) is 13.2 Å². The van der Waals surface area contributed by atoms with Crippen molar-refractivity contribution < 1.29 is 13.2 Å². The fourth-order valence-corrected chi connectivity index (χ4v) is 4.37. The van der Waals surface area contributed by atoms with Crippen LogP contribution in [0.15, 0.2) is 46.0 Å². The molecule has 1 saturated carbocycles. The van der Waals surface area contributed by atoms with Crippen molar-refractivity contribution in [3.63, 3.8) is 0 Å². The van der Waals surface area contributed by atoms with Gasteiger partial charge in [-0.3, -0.25) is 9.52 Å². The normalized spacial score (nSPS) is 15.1. The molecular formula is C16H20ClN3O3S2. The van der Waals surface area contributed by atoms with Crippen molar-refractivity contribution in [3.8, 4) is 0 Å². The fraction of sp³-hybridized carbons (Fsp3) is 0.312. The molecule has 1 amide bonds. The first kappa shape index (κ1) is 19.7. The number of thiophene rings is 1. The van der Waals surface area contributed by atoms with Gasteiger partial charge >= 0.3 is 0 Å². The number of amides is 1. The van der Waals surface area contributed by atoms with Gasteiger partial charge in [0.05, 0.1) is 0 Å². The van der Waals surface area contributed by atoms with Crippen LogP contribution in [-0.2, 0) is 10.0 Å². The molecule has 0 spiro atoms. The molecule has 0 saturated heterocycles. The average Bonchev–Trinajstić information content (AvgIpc) is 3.26. The predicted octanol–water partition coefficient (Wildman–Crippen LogP) is 2.44. The second-order valence-electron chi connectivity index (χ2n) is 5.83. The van der Waals surface area contributed by atoms with Crippen LogP contribution in [0.4, 0.5) is 5.69 Å². The Labute approximate surface area is 157 Å². The highest BCUT2D eigenvalue weighted by Crippen LogP contribution is 2.31. The smallest absolute Gasteiger partial charge is 0.271 e. The van der Waals surface area contributed by atoms with Gasteiger partial charge in [0, 0.05) is 23.8 Å². The Kier molecular flexibility index (Phi) is 6.45. The maximum atomic E-state index is 12.1. The van der Waals surface area contributed by atoms with Crippen molar-refractivity contribution in [2.45, 2.75) is 23.1 Å². The minimum atomic E-state index is -3.58. The summed E-state index contributed by atoms with van der Waals surface area (Å²) in [5.41, 5.74) is 6.84. The average molecular weight is 402 g/mol. The van der Waals surface area contributed by atoms with Crippen LogP contribution in [0.25, 0.3) is 0 Å². The standard InChI is InChI=1S/C16H19N3O3S2.ClH/c17-14(11-3-4-11)10-18-16(20)12-5-7-13(8-6-12)19-24(21,22)15-2-1-9-23-15;/h1-2,5-9,11,14,19H,3-4,10,17H2,(H,18,20);1H. The summed E-state index contributed by atoms with van der Waals surface area (Å²) in [6.07, 6.45) is 2.27. The molecular weight excluding hydrogens is 382 g/mol. The number of hydrogen-bond donors (Lipinski definition) is 3. The molecule has 136 valence electrons. The molecule has 1 aliphatic carbocycles. The highest BCUT2D eigenvalue weighted by atomic mass is 35.5. The molecule has 9 heteroatoms. The minimum Gasteiger partial charge on any atom is -0.350 e. The van der Waals surface area contributed by atoms with E-state index in [1.807, 2.05) is 0 Å². The van der Waals surface area contributed by atoms with E-state index in [1.54, 1.807) is 35.7 Å². The van der Waals surface area contributed by atoms with Gasteiger partial charge in [-0.25, -0.2) is 8.42 Å². The van der Waals surface area contributed by atoms with Crippen molar-refractivity contribution in [1.82, 2.24) is 5.32 Å². The molecule has 1 atom stereocenters. The number of nitrogens with one attached hydrogen (secondary N) is 2. The minimum absolute atomic E-state index is 0. The van der Waals surface area contributed by atoms with Crippen molar-refractivity contribution >= 4 is 45.4 Å². The lowest BCUT2D eigenvalue weighted by molar-refractivity contribution is 0.0950. The molecule has 1 fully saturated rings. The summed E-state index contributed by atoms with van der Waals surface area (Å²) in [6.45, 7) is 0.455. The Balaban J connectivity index is 0.00000225. The molecule has 6 nitrogen and oxygen atoms in total. The zero-order valence-corrected chi connectivity index (χ0v) is 15.8. The van der Waals surface area contributed by atoms with Crippen LogP contribution < -0.4 is 15.8 Å². The van der Waals surface area contributed by atoms with E-state index in [0.717, 1.165) is 24.2 Å². The number of halogens is 1. The van der Waals surface area contributed by atoms with Crippen LogP contribution in [0.5, 0.6) is 0 Å². The summed E-state index contributed by atoms with van der Waals surface area (Å²) >= 11 is 1.15. The van der Waals surface area contributed by atoms with E-state index in [4.69, 9.17) is 5.73 Å². The molecule has 2 aromatic rings. The van der Waals surface area contributed by atoms with Gasteiger partial charge < -0.3 is 11.1 Å². The Morgan fingerprint density at radius 3 is 2.48 bits per heavy atom. The Hall–Kier alpha value is -1.61. The first-order valence-electron chi connectivity index (χ1n) is 7.66. The second-order valence-corrected chi connectivity index (χ2v) is 8.68. The third-order valence-electron chi connectivity index (χ3n) is 3.89. The molecule has 1 aliphatic rings. The number of carbonyl (C=O) groups excluding carboxylic acids is 1. The zero-order chi connectivity index (χ0) is 17.2. The molecule has 0 aliphatic heterocycles. The van der Waals surface area contributed by atoms with Crippen molar-refractivity contribution in [2.24, 2.45) is 11.7 Å². The maximum absolute atomic E-state index is 12.1. The monoisotopic (exact) mass is 401 g/mol. The number of hydrogen-bond acceptors (Lipinski definition) is 5. The van der Waals surface area contributed by atoms with Crippen LogP contribution in [-0.4, -0.2) is 26.9 Å². The van der Waals surface area contributed by atoms with Gasteiger partial charge in [0.15, 0.2) is 0 Å². The van der Waals surface area contributed by atoms with Crippen LogP contribution >= 0.6 is 23.7 Å². The van der Waals surface area contributed by atoms with Gasteiger partial charge in [-0.1, -0.05) is 6.07 Å². The topological polar surface area (TPSA) is 101 Å². The van der Waals surface area contributed by atoms with E-state index in [1.165, 1.54) is 6.07 Å².